The first kappa shape index (κ1) is 33.1. The Morgan fingerprint density at radius 1 is 1.11 bits per heavy atom. The first-order valence-corrected chi connectivity index (χ1v) is 17.6. The van der Waals surface area contributed by atoms with Gasteiger partial charge in [0.1, 0.15) is 5.75 Å². The van der Waals surface area contributed by atoms with Crippen molar-refractivity contribution >= 4 is 43.5 Å². The Hall–Kier alpha value is -2.26. The third-order valence-electron chi connectivity index (χ3n) is 8.45. The Bertz CT molecular complexity index is 1670. The van der Waals surface area contributed by atoms with Gasteiger partial charge in [-0.3, -0.25) is 23.7 Å². The highest BCUT2D eigenvalue weighted by atomic mass is 35.5. The third-order valence-corrected chi connectivity index (χ3v) is 12.0. The molecule has 15 heteroatoms. The summed E-state index contributed by atoms with van der Waals surface area (Å²) in [6.07, 6.45) is -0.657. The van der Waals surface area contributed by atoms with Crippen LogP contribution in [-0.4, -0.2) is 91.9 Å². The van der Waals surface area contributed by atoms with Crippen molar-refractivity contribution in [2.45, 2.75) is 50.2 Å². The number of piperazine rings is 1. The first-order chi connectivity index (χ1) is 20.6. The number of fused-ring (bicyclic) bond motifs is 1. The van der Waals surface area contributed by atoms with E-state index in [0.717, 1.165) is 49.8 Å². The molecule has 0 saturated carbocycles. The van der Waals surface area contributed by atoms with Crippen molar-refractivity contribution in [1.29, 1.82) is 0 Å². The predicted octanol–water partition coefficient (Wildman–Crippen LogP) is 5.25. The van der Waals surface area contributed by atoms with Gasteiger partial charge in [-0.05, 0) is 49.6 Å². The zero-order valence-electron chi connectivity index (χ0n) is 24.4. The Kier molecular flexibility index (Phi) is 9.41. The van der Waals surface area contributed by atoms with Crippen molar-refractivity contribution in [3.05, 3.63) is 62.1 Å². The average Bonchev–Trinajstić information content (AvgIpc) is 2.96. The second kappa shape index (κ2) is 12.5. The molecule has 2 saturated heterocycles. The number of ether oxygens (including phenoxy) is 2. The molecule has 9 nitrogen and oxygen atoms in total. The molecule has 0 radical (unpaired) electrons. The van der Waals surface area contributed by atoms with E-state index in [9.17, 15) is 26.7 Å². The van der Waals surface area contributed by atoms with Crippen molar-refractivity contribution in [2.24, 2.45) is 0 Å². The number of alkyl halides is 3. The second-order valence-corrected chi connectivity index (χ2v) is 16.3. The standard InChI is InChI=1S/C29H35Cl2F3N4O5S/c1-3-44(2,40,41)25-5-4-20(30)14-19(25)16-38-18-35-27-22(28(38)39)15-24(43-29(32,33)34)23(26(27)31)17-36-8-10-37(11-9-36)21-6-12-42-13-7-21/h4-5,14-15,18,21H,3,6-13,16-17H2,1-2H3,(H,40,41). The molecule has 0 aliphatic carbocycles. The van der Waals surface area contributed by atoms with Crippen LogP contribution in [0.2, 0.25) is 10.0 Å². The lowest BCUT2D eigenvalue weighted by atomic mass is 10.1. The molecule has 0 spiro atoms. The van der Waals surface area contributed by atoms with Crippen LogP contribution >= 0.6 is 23.2 Å². The summed E-state index contributed by atoms with van der Waals surface area (Å²) in [6.45, 7) is 5.68. The van der Waals surface area contributed by atoms with Crippen molar-refractivity contribution in [2.75, 3.05) is 51.4 Å². The Balaban J connectivity index is 1.48. The lowest BCUT2D eigenvalue weighted by Gasteiger charge is -2.40. The largest absolute Gasteiger partial charge is 0.573 e. The maximum atomic E-state index is 13.6. The summed E-state index contributed by atoms with van der Waals surface area (Å²) in [6, 6.07) is 5.86. The number of halogens is 5. The van der Waals surface area contributed by atoms with E-state index in [1.165, 1.54) is 30.8 Å². The highest BCUT2D eigenvalue weighted by Crippen LogP contribution is 2.37. The lowest BCUT2D eigenvalue weighted by Crippen LogP contribution is -2.51. The van der Waals surface area contributed by atoms with E-state index in [2.05, 4.69) is 14.6 Å². The normalized spacial score (nSPS) is 18.8. The zero-order valence-corrected chi connectivity index (χ0v) is 26.7. The number of nitrogens with zero attached hydrogens (tertiary/aromatic N) is 4. The molecule has 0 amide bonds. The van der Waals surface area contributed by atoms with E-state index >= 15 is 0 Å². The average molecular weight is 680 g/mol. The summed E-state index contributed by atoms with van der Waals surface area (Å²) in [4.78, 5) is 22.5. The van der Waals surface area contributed by atoms with Gasteiger partial charge in [0.2, 0.25) is 0 Å². The fourth-order valence-corrected chi connectivity index (χ4v) is 7.86. The van der Waals surface area contributed by atoms with Crippen LogP contribution in [-0.2, 0) is 27.2 Å². The molecule has 0 atom stereocenters. The number of hydrogen-bond donors (Lipinski definition) is 1. The predicted molar refractivity (Wildman–Crippen MR) is 164 cm³/mol. The van der Waals surface area contributed by atoms with E-state index in [-0.39, 0.29) is 50.2 Å². The van der Waals surface area contributed by atoms with Gasteiger partial charge in [0.05, 0.1) is 33.7 Å². The minimum Gasteiger partial charge on any atom is -0.405 e. The van der Waals surface area contributed by atoms with Crippen LogP contribution < -0.4 is 10.3 Å². The molecule has 1 aromatic heterocycles. The van der Waals surface area contributed by atoms with Gasteiger partial charge >= 0.3 is 6.36 Å². The Labute approximate surface area is 263 Å². The summed E-state index contributed by atoms with van der Waals surface area (Å²) < 4.78 is 76.0. The van der Waals surface area contributed by atoms with Crippen LogP contribution in [0.5, 0.6) is 5.75 Å². The van der Waals surface area contributed by atoms with Gasteiger partial charge in [-0.25, -0.2) is 9.19 Å². The summed E-state index contributed by atoms with van der Waals surface area (Å²) >= 11 is 12.9. The monoisotopic (exact) mass is 678 g/mol. The van der Waals surface area contributed by atoms with Crippen LogP contribution in [0, 0.1) is 0 Å². The molecule has 0 bridgehead atoms. The zero-order chi connectivity index (χ0) is 31.9. The number of benzene rings is 2. The number of aromatic nitrogens is 2. The van der Waals surface area contributed by atoms with E-state index in [0.29, 0.717) is 24.7 Å². The summed E-state index contributed by atoms with van der Waals surface area (Å²) in [7, 11) is -4.26. The molecule has 44 heavy (non-hydrogen) atoms. The maximum absolute atomic E-state index is 13.6. The molecular formula is C29H35Cl2F3N4O5S. The SMILES string of the molecule is CCS(C)(=O)(O)c1ccc(Cl)cc1Cn1cnc2c(Cl)c(CN3CCN(C4CCOCC4)CC3)c(OC(F)(F)F)cc2c1=O. The summed E-state index contributed by atoms with van der Waals surface area (Å²) in [5.74, 6) is -0.641. The minimum absolute atomic E-state index is 0.0396. The van der Waals surface area contributed by atoms with Crippen LogP contribution in [0.25, 0.3) is 10.9 Å². The topological polar surface area (TPSA) is 97.1 Å². The van der Waals surface area contributed by atoms with E-state index < -0.39 is 27.0 Å². The Morgan fingerprint density at radius 2 is 1.80 bits per heavy atom. The molecule has 0 unspecified atom stereocenters. The molecule has 242 valence electrons. The minimum atomic E-state index is -5.03. The van der Waals surface area contributed by atoms with Gasteiger partial charge in [-0.2, -0.15) is 9.35 Å². The van der Waals surface area contributed by atoms with Crippen LogP contribution in [0.1, 0.15) is 30.9 Å². The van der Waals surface area contributed by atoms with Crippen LogP contribution in [0.3, 0.4) is 0 Å². The summed E-state index contributed by atoms with van der Waals surface area (Å²) in [5.41, 5.74) is -0.257. The quantitative estimate of drug-likeness (QED) is 0.345. The van der Waals surface area contributed by atoms with Gasteiger partial charge in [-0.1, -0.05) is 23.2 Å². The van der Waals surface area contributed by atoms with E-state index in [4.69, 9.17) is 27.9 Å². The molecule has 3 aromatic rings. The van der Waals surface area contributed by atoms with Gasteiger partial charge in [0.15, 0.2) is 0 Å². The fourth-order valence-electron chi connectivity index (χ4n) is 5.84. The van der Waals surface area contributed by atoms with Gasteiger partial charge in [-0.15, -0.1) is 13.2 Å². The van der Waals surface area contributed by atoms with Gasteiger partial charge in [0.25, 0.3) is 5.56 Å². The van der Waals surface area contributed by atoms with Crippen molar-refractivity contribution in [1.82, 2.24) is 19.4 Å². The fraction of sp³-hybridized carbons (Fsp3) is 0.517. The highest BCUT2D eigenvalue weighted by Gasteiger charge is 2.34. The van der Waals surface area contributed by atoms with Gasteiger partial charge < -0.3 is 9.47 Å². The molecule has 2 aromatic carbocycles. The molecule has 1 N–H and O–H groups in total. The van der Waals surface area contributed by atoms with Gasteiger partial charge in [0, 0.05) is 74.6 Å². The second-order valence-electron chi connectivity index (χ2n) is 11.5. The van der Waals surface area contributed by atoms with Crippen molar-refractivity contribution in [3.8, 4) is 5.75 Å². The van der Waals surface area contributed by atoms with Crippen LogP contribution in [0.4, 0.5) is 13.2 Å². The van der Waals surface area contributed by atoms with E-state index in [1.807, 2.05) is 4.90 Å². The molecule has 5 rings (SSSR count). The van der Waals surface area contributed by atoms with E-state index in [1.54, 1.807) is 6.92 Å². The number of rotatable bonds is 8. The first-order valence-electron chi connectivity index (χ1n) is 14.3. The number of hydrogen-bond acceptors (Lipinski definition) is 7. The third kappa shape index (κ3) is 7.24. The van der Waals surface area contributed by atoms with Crippen molar-refractivity contribution in [3.63, 3.8) is 0 Å². The molecule has 2 aliphatic rings. The molecular weight excluding hydrogens is 644 g/mol. The molecule has 2 aliphatic heterocycles. The van der Waals surface area contributed by atoms with Crippen molar-refractivity contribution < 1.29 is 31.4 Å². The van der Waals surface area contributed by atoms with Crippen LogP contribution in [0.15, 0.2) is 40.3 Å². The Morgan fingerprint density at radius 3 is 2.43 bits per heavy atom. The highest BCUT2D eigenvalue weighted by molar-refractivity contribution is 8.14. The maximum Gasteiger partial charge on any atom is 0.573 e. The lowest BCUT2D eigenvalue weighted by molar-refractivity contribution is -0.274. The molecule has 3 heterocycles. The summed E-state index contributed by atoms with van der Waals surface area (Å²) in [5, 5.41) is 0.00785. The smallest absolute Gasteiger partial charge is 0.405 e. The molecule has 2 fully saturated rings.